The van der Waals surface area contributed by atoms with Crippen molar-refractivity contribution in [3.05, 3.63) is 36.5 Å². The first-order chi connectivity index (χ1) is 24.8. The largest absolute Gasteiger partial charge is 0.387 e. The number of aliphatic hydroxyl groups excluding tert-OH is 1. The number of aliphatic hydroxyl groups is 1. The molecular formula is C44H83NO5S. The fourth-order valence-corrected chi connectivity index (χ4v) is 7.25. The molecule has 51 heavy (non-hydrogen) atoms. The number of hydrogen-bond acceptors (Lipinski definition) is 4. The molecule has 1 amide bonds. The van der Waals surface area contributed by atoms with Gasteiger partial charge in [-0.1, -0.05) is 192 Å². The number of carbonyl (C=O) groups excluding carboxylic acids is 1. The third-order valence-corrected chi connectivity index (χ3v) is 10.6. The number of amides is 1. The van der Waals surface area contributed by atoms with E-state index in [1.54, 1.807) is 0 Å². The summed E-state index contributed by atoms with van der Waals surface area (Å²) in [6.45, 7) is 4.53. The van der Waals surface area contributed by atoms with Gasteiger partial charge in [-0.3, -0.25) is 9.35 Å². The van der Waals surface area contributed by atoms with Gasteiger partial charge in [0.15, 0.2) is 0 Å². The predicted octanol–water partition coefficient (Wildman–Crippen LogP) is 12.9. The summed E-state index contributed by atoms with van der Waals surface area (Å²) in [5, 5.41) is 13.2. The summed E-state index contributed by atoms with van der Waals surface area (Å²) in [5.41, 5.74) is 0. The fraction of sp³-hybridized carbons (Fsp3) is 0.841. The van der Waals surface area contributed by atoms with Crippen molar-refractivity contribution in [2.45, 2.75) is 231 Å². The summed E-state index contributed by atoms with van der Waals surface area (Å²) < 4.78 is 32.5. The van der Waals surface area contributed by atoms with Gasteiger partial charge in [-0.15, -0.1) is 0 Å². The van der Waals surface area contributed by atoms with Crippen LogP contribution in [0.5, 0.6) is 0 Å². The Kier molecular flexibility index (Phi) is 37.2. The van der Waals surface area contributed by atoms with E-state index in [9.17, 15) is 22.9 Å². The highest BCUT2D eigenvalue weighted by molar-refractivity contribution is 7.85. The van der Waals surface area contributed by atoms with Crippen LogP contribution < -0.4 is 5.32 Å². The van der Waals surface area contributed by atoms with E-state index in [2.05, 4.69) is 43.5 Å². The maximum absolute atomic E-state index is 12.5. The van der Waals surface area contributed by atoms with Crippen LogP contribution in [-0.2, 0) is 14.9 Å². The fourth-order valence-electron chi connectivity index (χ4n) is 6.52. The zero-order valence-electron chi connectivity index (χ0n) is 33.5. The normalized spacial score (nSPS) is 13.6. The van der Waals surface area contributed by atoms with Crippen LogP contribution in [0.4, 0.5) is 0 Å². The van der Waals surface area contributed by atoms with Crippen LogP contribution >= 0.6 is 0 Å². The molecule has 0 aliphatic rings. The molecule has 0 aliphatic carbocycles. The molecule has 0 aliphatic heterocycles. The number of rotatable bonds is 39. The monoisotopic (exact) mass is 738 g/mol. The Morgan fingerprint density at radius 2 is 0.843 bits per heavy atom. The lowest BCUT2D eigenvalue weighted by Gasteiger charge is -2.21. The van der Waals surface area contributed by atoms with Crippen molar-refractivity contribution in [2.75, 3.05) is 5.75 Å². The highest BCUT2D eigenvalue weighted by Gasteiger charge is 2.24. The Morgan fingerprint density at radius 1 is 0.510 bits per heavy atom. The summed E-state index contributed by atoms with van der Waals surface area (Å²) >= 11 is 0. The molecule has 0 bridgehead atoms. The molecule has 0 radical (unpaired) electrons. The Hall–Kier alpha value is -1.44. The van der Waals surface area contributed by atoms with Gasteiger partial charge in [0.05, 0.1) is 17.9 Å². The summed E-state index contributed by atoms with van der Waals surface area (Å²) in [4.78, 5) is 12.5. The Morgan fingerprint density at radius 3 is 1.24 bits per heavy atom. The van der Waals surface area contributed by atoms with Crippen molar-refractivity contribution in [1.29, 1.82) is 0 Å². The van der Waals surface area contributed by atoms with Crippen LogP contribution in [0, 0.1) is 0 Å². The molecular weight excluding hydrogens is 655 g/mol. The van der Waals surface area contributed by atoms with Crippen molar-refractivity contribution in [3.63, 3.8) is 0 Å². The van der Waals surface area contributed by atoms with Gasteiger partial charge in [0.2, 0.25) is 5.91 Å². The molecule has 2 atom stereocenters. The average molecular weight is 738 g/mol. The molecule has 300 valence electrons. The van der Waals surface area contributed by atoms with Gasteiger partial charge in [0.25, 0.3) is 10.1 Å². The highest BCUT2D eigenvalue weighted by atomic mass is 32.2. The molecule has 0 rings (SSSR count). The van der Waals surface area contributed by atoms with E-state index in [1.807, 2.05) is 6.08 Å². The second-order valence-electron chi connectivity index (χ2n) is 15.0. The molecule has 0 heterocycles. The number of carbonyl (C=O) groups is 1. The molecule has 2 unspecified atom stereocenters. The van der Waals surface area contributed by atoms with Crippen molar-refractivity contribution in [2.24, 2.45) is 0 Å². The van der Waals surface area contributed by atoms with Crippen molar-refractivity contribution in [3.8, 4) is 0 Å². The predicted molar refractivity (Wildman–Crippen MR) is 221 cm³/mol. The van der Waals surface area contributed by atoms with Crippen LogP contribution in [0.25, 0.3) is 0 Å². The maximum atomic E-state index is 12.5. The third-order valence-electron chi connectivity index (χ3n) is 9.79. The van der Waals surface area contributed by atoms with Crippen LogP contribution in [0.3, 0.4) is 0 Å². The standard InChI is InChI=1S/C44H83NO5S/c1-3-5-7-9-11-13-15-17-19-21-22-24-26-28-30-32-34-36-38-40-44(47)45-42(41-51(48,49)50)43(46)39-37-35-33-31-29-27-25-23-20-18-16-14-12-10-8-6-4-2/h17,19,29,31,37,39,42-43,46H,3-16,18,20-28,30,32-36,38,40-41H2,1-2H3,(H,45,47)(H,48,49,50)/b19-17-,31-29+,39-37+. The highest BCUT2D eigenvalue weighted by Crippen LogP contribution is 2.14. The first-order valence-electron chi connectivity index (χ1n) is 21.7. The zero-order chi connectivity index (χ0) is 37.5. The van der Waals surface area contributed by atoms with Gasteiger partial charge in [-0.2, -0.15) is 8.42 Å². The lowest BCUT2D eigenvalue weighted by molar-refractivity contribution is -0.122. The third kappa shape index (κ3) is 39.6. The summed E-state index contributed by atoms with van der Waals surface area (Å²) in [7, 11) is -4.35. The van der Waals surface area contributed by atoms with E-state index in [-0.39, 0.29) is 12.3 Å². The van der Waals surface area contributed by atoms with Gasteiger partial charge in [0, 0.05) is 6.42 Å². The second kappa shape index (κ2) is 38.3. The minimum Gasteiger partial charge on any atom is -0.387 e. The van der Waals surface area contributed by atoms with Gasteiger partial charge in [-0.05, 0) is 57.8 Å². The SMILES string of the molecule is CCCCCCCC/C=C\CCCCCCCCCCCC(=O)NC(CS(=O)(=O)O)C(O)/C=C/CC/C=C/CCCCCCCCCCCCC. The lowest BCUT2D eigenvalue weighted by atomic mass is 10.0. The number of hydrogen-bond donors (Lipinski definition) is 3. The number of nitrogens with one attached hydrogen (secondary N) is 1. The van der Waals surface area contributed by atoms with Crippen molar-refractivity contribution < 1.29 is 22.9 Å². The van der Waals surface area contributed by atoms with E-state index in [0.29, 0.717) is 0 Å². The van der Waals surface area contributed by atoms with Crippen LogP contribution in [0.1, 0.15) is 219 Å². The topological polar surface area (TPSA) is 104 Å². The Balaban J connectivity index is 3.93. The van der Waals surface area contributed by atoms with Crippen LogP contribution in [0.15, 0.2) is 36.5 Å². The molecule has 0 aromatic rings. The summed E-state index contributed by atoms with van der Waals surface area (Å²) in [6, 6.07) is -1.07. The van der Waals surface area contributed by atoms with E-state index in [4.69, 9.17) is 0 Å². The molecule has 3 N–H and O–H groups in total. The van der Waals surface area contributed by atoms with Gasteiger partial charge >= 0.3 is 0 Å². The second-order valence-corrected chi connectivity index (χ2v) is 16.5. The van der Waals surface area contributed by atoms with Crippen LogP contribution in [0.2, 0.25) is 0 Å². The molecule has 0 aromatic carbocycles. The first kappa shape index (κ1) is 49.6. The molecule has 0 saturated carbocycles. The van der Waals surface area contributed by atoms with E-state index >= 15 is 0 Å². The number of allylic oxidation sites excluding steroid dienone is 5. The zero-order valence-corrected chi connectivity index (χ0v) is 34.3. The summed E-state index contributed by atoms with van der Waals surface area (Å²) in [5.74, 6) is -0.999. The molecule has 0 aromatic heterocycles. The van der Waals surface area contributed by atoms with Gasteiger partial charge in [0.1, 0.15) is 0 Å². The minimum atomic E-state index is -4.35. The van der Waals surface area contributed by atoms with Gasteiger partial charge < -0.3 is 10.4 Å². The number of unbranched alkanes of at least 4 members (excludes halogenated alkanes) is 27. The first-order valence-corrected chi connectivity index (χ1v) is 23.3. The Labute approximate surface area is 316 Å². The van der Waals surface area contributed by atoms with Gasteiger partial charge in [-0.25, -0.2) is 0 Å². The molecule has 7 heteroatoms. The van der Waals surface area contributed by atoms with E-state index in [0.717, 1.165) is 38.5 Å². The van der Waals surface area contributed by atoms with E-state index < -0.39 is 28.0 Å². The molecule has 0 spiro atoms. The molecule has 0 fully saturated rings. The maximum Gasteiger partial charge on any atom is 0.267 e. The van der Waals surface area contributed by atoms with Crippen molar-refractivity contribution in [1.82, 2.24) is 5.32 Å². The minimum absolute atomic E-state index is 0.286. The van der Waals surface area contributed by atoms with Crippen LogP contribution in [-0.4, -0.2) is 41.9 Å². The quantitative estimate of drug-likeness (QED) is 0.0331. The Bertz CT molecular complexity index is 945. The average Bonchev–Trinajstić information content (AvgIpc) is 3.09. The molecule has 6 nitrogen and oxygen atoms in total. The van der Waals surface area contributed by atoms with Crippen molar-refractivity contribution >= 4 is 16.0 Å². The molecule has 0 saturated heterocycles. The summed E-state index contributed by atoms with van der Waals surface area (Å²) in [6.07, 6.45) is 49.9. The lowest BCUT2D eigenvalue weighted by Crippen LogP contribution is -2.46. The van der Waals surface area contributed by atoms with E-state index in [1.165, 1.54) is 167 Å². The smallest absolute Gasteiger partial charge is 0.267 e.